The highest BCUT2D eigenvalue weighted by molar-refractivity contribution is 6.22. The second kappa shape index (κ2) is 10.7. The summed E-state index contributed by atoms with van der Waals surface area (Å²) in [5.41, 5.74) is 2.30. The van der Waals surface area contributed by atoms with Gasteiger partial charge in [-0.2, -0.15) is 0 Å². The van der Waals surface area contributed by atoms with Crippen LogP contribution >= 0.6 is 0 Å². The second-order valence-corrected chi connectivity index (χ2v) is 7.68. The van der Waals surface area contributed by atoms with E-state index in [9.17, 15) is 14.4 Å². The first kappa shape index (κ1) is 22.5. The Labute approximate surface area is 182 Å². The smallest absolute Gasteiger partial charge is 0.330 e. The average Bonchev–Trinajstić information content (AvgIpc) is 2.78. The summed E-state index contributed by atoms with van der Waals surface area (Å²) in [6, 6.07) is 4.75. The molecular formula is C23H30N3O5+. The predicted molar refractivity (Wildman–Crippen MR) is 115 cm³/mol. The highest BCUT2D eigenvalue weighted by Gasteiger charge is 2.40. The number of hydrogen-bond acceptors (Lipinski definition) is 5. The molecule has 1 aliphatic carbocycles. The summed E-state index contributed by atoms with van der Waals surface area (Å²) in [6.45, 7) is 0.813. The number of barbiturate groups is 1. The van der Waals surface area contributed by atoms with E-state index in [1.54, 1.807) is 26.4 Å². The number of hydrogen-bond donors (Lipinski definition) is 2. The molecule has 2 aliphatic rings. The third kappa shape index (κ3) is 5.71. The van der Waals surface area contributed by atoms with Crippen molar-refractivity contribution in [3.63, 3.8) is 0 Å². The Morgan fingerprint density at radius 2 is 1.94 bits per heavy atom. The van der Waals surface area contributed by atoms with Crippen LogP contribution in [0.2, 0.25) is 0 Å². The van der Waals surface area contributed by atoms with Crippen molar-refractivity contribution >= 4 is 24.1 Å². The van der Waals surface area contributed by atoms with Gasteiger partial charge in [-0.25, -0.2) is 4.79 Å². The zero-order valence-corrected chi connectivity index (χ0v) is 18.1. The van der Waals surface area contributed by atoms with Crippen molar-refractivity contribution in [2.45, 2.75) is 38.5 Å². The molecular weight excluding hydrogens is 398 g/mol. The van der Waals surface area contributed by atoms with E-state index < -0.39 is 23.8 Å². The lowest BCUT2D eigenvalue weighted by Crippen LogP contribution is -2.73. The third-order valence-electron chi connectivity index (χ3n) is 5.62. The van der Waals surface area contributed by atoms with Gasteiger partial charge in [-0.05, 0) is 49.8 Å². The van der Waals surface area contributed by atoms with Gasteiger partial charge in [0.1, 0.15) is 6.54 Å². The van der Waals surface area contributed by atoms with Gasteiger partial charge < -0.3 is 9.47 Å². The zero-order valence-electron chi connectivity index (χ0n) is 18.1. The van der Waals surface area contributed by atoms with E-state index in [1.165, 1.54) is 24.6 Å². The van der Waals surface area contributed by atoms with Crippen LogP contribution in [0.15, 0.2) is 29.8 Å². The molecule has 4 amide bonds. The monoisotopic (exact) mass is 428 g/mol. The van der Waals surface area contributed by atoms with Crippen LogP contribution in [0.25, 0.3) is 0 Å². The largest absolute Gasteiger partial charge is 0.493 e. The number of carbonyl (C=O) groups is 3. The standard InChI is InChI=1S/C23H29N3O5/c1-30-19-9-8-17(14-20(19)31-2)11-13-26-22(28)18(21(27)25-23(26)29)15-24-12-10-16-6-4-3-5-7-16/h6,8-9,14-15,18H,3-5,7,10-13H2,1-2H3,(H,25,27,29)/p+1/t18-/m0/s1. The van der Waals surface area contributed by atoms with E-state index in [0.29, 0.717) is 24.5 Å². The van der Waals surface area contributed by atoms with Crippen LogP contribution in [-0.2, 0) is 16.0 Å². The zero-order chi connectivity index (χ0) is 22.2. The van der Waals surface area contributed by atoms with Crippen LogP contribution < -0.4 is 19.8 Å². The van der Waals surface area contributed by atoms with Gasteiger partial charge in [0.05, 0.1) is 14.2 Å². The van der Waals surface area contributed by atoms with Crippen molar-refractivity contribution in [3.8, 4) is 11.5 Å². The molecule has 0 bridgehead atoms. The summed E-state index contributed by atoms with van der Waals surface area (Å²) in [4.78, 5) is 41.4. The first-order valence-corrected chi connectivity index (χ1v) is 10.6. The van der Waals surface area contributed by atoms with Gasteiger partial charge >= 0.3 is 6.03 Å². The molecule has 166 valence electrons. The molecule has 0 spiro atoms. The number of imide groups is 2. The lowest BCUT2D eigenvalue weighted by Gasteiger charge is -2.27. The number of amides is 4. The Morgan fingerprint density at radius 3 is 2.65 bits per heavy atom. The van der Waals surface area contributed by atoms with Crippen LogP contribution in [0.4, 0.5) is 4.79 Å². The SMILES string of the molecule is COc1ccc(CCN2C(=O)NC(=O)[C@H](C=[NH+]CCC3=CCCCC3)C2=O)cc1OC. The van der Waals surface area contributed by atoms with Crippen molar-refractivity contribution in [3.05, 3.63) is 35.4 Å². The van der Waals surface area contributed by atoms with Crippen LogP contribution in [0.5, 0.6) is 11.5 Å². The van der Waals surface area contributed by atoms with Crippen molar-refractivity contribution in [1.82, 2.24) is 10.2 Å². The number of ether oxygens (including phenoxy) is 2. The number of nitrogens with zero attached hydrogens (tertiary/aromatic N) is 1. The summed E-state index contributed by atoms with van der Waals surface area (Å²) in [7, 11) is 3.11. The topological polar surface area (TPSA) is 98.9 Å². The number of allylic oxidation sites excluding steroid dienone is 1. The van der Waals surface area contributed by atoms with Gasteiger partial charge in [0.25, 0.3) is 11.8 Å². The van der Waals surface area contributed by atoms with Crippen molar-refractivity contribution in [2.75, 3.05) is 27.3 Å². The summed E-state index contributed by atoms with van der Waals surface area (Å²) < 4.78 is 10.5. The Morgan fingerprint density at radius 1 is 1.13 bits per heavy atom. The highest BCUT2D eigenvalue weighted by atomic mass is 16.5. The van der Waals surface area contributed by atoms with E-state index in [-0.39, 0.29) is 6.54 Å². The minimum Gasteiger partial charge on any atom is -0.493 e. The molecule has 1 aromatic rings. The molecule has 1 aromatic carbocycles. The lowest BCUT2D eigenvalue weighted by molar-refractivity contribution is -0.452. The first-order valence-electron chi connectivity index (χ1n) is 10.6. The maximum absolute atomic E-state index is 12.8. The highest BCUT2D eigenvalue weighted by Crippen LogP contribution is 2.28. The minimum atomic E-state index is -1.02. The molecule has 0 saturated carbocycles. The second-order valence-electron chi connectivity index (χ2n) is 7.68. The van der Waals surface area contributed by atoms with Gasteiger partial charge in [-0.15, -0.1) is 0 Å². The molecule has 31 heavy (non-hydrogen) atoms. The predicted octanol–water partition coefficient (Wildman–Crippen LogP) is 0.983. The lowest BCUT2D eigenvalue weighted by atomic mass is 9.97. The summed E-state index contributed by atoms with van der Waals surface area (Å²) in [5.74, 6) is -0.953. The van der Waals surface area contributed by atoms with Crippen molar-refractivity contribution in [1.29, 1.82) is 0 Å². The van der Waals surface area contributed by atoms with Crippen molar-refractivity contribution in [2.24, 2.45) is 5.92 Å². The molecule has 1 saturated heterocycles. The molecule has 3 rings (SSSR count). The van der Waals surface area contributed by atoms with Crippen LogP contribution in [0.1, 0.15) is 37.7 Å². The Hall–Kier alpha value is -3.16. The fraction of sp³-hybridized carbons (Fsp3) is 0.478. The van der Waals surface area contributed by atoms with Gasteiger partial charge in [-0.1, -0.05) is 17.7 Å². The molecule has 1 heterocycles. The van der Waals surface area contributed by atoms with E-state index in [2.05, 4.69) is 16.4 Å². The first-order chi connectivity index (χ1) is 15.0. The maximum Gasteiger partial charge on any atom is 0.330 e. The van der Waals surface area contributed by atoms with Crippen molar-refractivity contribution < 1.29 is 28.8 Å². The van der Waals surface area contributed by atoms with E-state index in [4.69, 9.17) is 9.47 Å². The number of urea groups is 1. The number of carbonyl (C=O) groups excluding carboxylic acids is 3. The van der Waals surface area contributed by atoms with Gasteiger partial charge in [0.15, 0.2) is 23.6 Å². The molecule has 0 aromatic heterocycles. The molecule has 1 atom stereocenters. The number of nitrogens with one attached hydrogen (secondary N) is 2. The quantitative estimate of drug-likeness (QED) is 0.347. The summed E-state index contributed by atoms with van der Waals surface area (Å²) in [6.07, 6.45) is 9.80. The number of methoxy groups -OCH3 is 2. The molecule has 1 fully saturated rings. The van der Waals surface area contributed by atoms with Gasteiger partial charge in [-0.3, -0.25) is 24.8 Å². The number of rotatable bonds is 9. The van der Waals surface area contributed by atoms with Crippen LogP contribution in [-0.4, -0.2) is 56.3 Å². The Bertz CT molecular complexity index is 893. The fourth-order valence-electron chi connectivity index (χ4n) is 3.83. The van der Waals surface area contributed by atoms with E-state index >= 15 is 0 Å². The third-order valence-corrected chi connectivity index (χ3v) is 5.62. The van der Waals surface area contributed by atoms with Gasteiger partial charge in [0, 0.05) is 13.0 Å². The molecule has 1 aliphatic heterocycles. The Balaban J connectivity index is 1.59. The fourth-order valence-corrected chi connectivity index (χ4v) is 3.83. The minimum absolute atomic E-state index is 0.157. The molecule has 2 N–H and O–H groups in total. The van der Waals surface area contributed by atoms with Crippen LogP contribution in [0.3, 0.4) is 0 Å². The normalized spacial score (nSPS) is 19.4. The summed E-state index contributed by atoms with van der Waals surface area (Å²) >= 11 is 0. The molecule has 8 heteroatoms. The van der Waals surface area contributed by atoms with E-state index in [1.807, 2.05) is 6.07 Å². The molecule has 8 nitrogen and oxygen atoms in total. The molecule has 0 radical (unpaired) electrons. The summed E-state index contributed by atoms with van der Waals surface area (Å²) in [5, 5.41) is 2.28. The number of benzene rings is 1. The maximum atomic E-state index is 12.8. The Kier molecular flexibility index (Phi) is 7.81. The van der Waals surface area contributed by atoms with E-state index in [0.717, 1.165) is 29.7 Å². The molecule has 0 unspecified atom stereocenters. The average molecular weight is 429 g/mol. The van der Waals surface area contributed by atoms with Crippen LogP contribution in [0, 0.1) is 5.92 Å². The van der Waals surface area contributed by atoms with Gasteiger partial charge in [0.2, 0.25) is 0 Å².